The van der Waals surface area contributed by atoms with E-state index in [1.54, 1.807) is 0 Å². The zero-order valence-electron chi connectivity index (χ0n) is 11.0. The van der Waals surface area contributed by atoms with Crippen LogP contribution in [0.25, 0.3) is 0 Å². The number of rotatable bonds is 4. The number of benzene rings is 1. The highest BCUT2D eigenvalue weighted by Gasteiger charge is 2.05. The molecule has 3 N–H and O–H groups in total. The molecule has 0 spiro atoms. The lowest BCUT2D eigenvalue weighted by Crippen LogP contribution is -2.04. The van der Waals surface area contributed by atoms with Crippen molar-refractivity contribution >= 4 is 27.6 Å². The maximum Gasteiger partial charge on any atom is 0.146 e. The first-order valence-electron chi connectivity index (χ1n) is 6.16. The van der Waals surface area contributed by atoms with Crippen molar-refractivity contribution < 1.29 is 0 Å². The van der Waals surface area contributed by atoms with Gasteiger partial charge in [0.1, 0.15) is 22.4 Å². The number of nitrogens with zero attached hydrogens (tertiary/aromatic N) is 2. The second kappa shape index (κ2) is 6.02. The number of nitrogens with one attached hydrogen (secondary N) is 1. The largest absolute Gasteiger partial charge is 0.383 e. The third-order valence-electron chi connectivity index (χ3n) is 2.92. The van der Waals surface area contributed by atoms with Crippen LogP contribution < -0.4 is 11.1 Å². The van der Waals surface area contributed by atoms with E-state index < -0.39 is 0 Å². The lowest BCUT2D eigenvalue weighted by atomic mass is 10.0. The zero-order valence-corrected chi connectivity index (χ0v) is 12.6. The Morgan fingerprint density at radius 1 is 1.21 bits per heavy atom. The number of nitrogen functional groups attached to an aromatic ring is 1. The van der Waals surface area contributed by atoms with Gasteiger partial charge < -0.3 is 11.1 Å². The Balaban J connectivity index is 2.04. The Hall–Kier alpha value is -1.62. The van der Waals surface area contributed by atoms with E-state index in [2.05, 4.69) is 69.3 Å². The van der Waals surface area contributed by atoms with Gasteiger partial charge in [-0.2, -0.15) is 0 Å². The molecule has 5 heteroatoms. The monoisotopic (exact) mass is 320 g/mol. The van der Waals surface area contributed by atoms with Crippen LogP contribution >= 0.6 is 15.9 Å². The van der Waals surface area contributed by atoms with Gasteiger partial charge >= 0.3 is 0 Å². The van der Waals surface area contributed by atoms with Crippen LogP contribution in [-0.4, -0.2) is 9.97 Å². The van der Waals surface area contributed by atoms with Gasteiger partial charge in [-0.1, -0.05) is 38.1 Å². The molecule has 0 bridgehead atoms. The SMILES string of the molecule is CC(C)c1ccc(CNc2ncnc(N)c2Br)cc1. The van der Waals surface area contributed by atoms with Crippen molar-refractivity contribution in [3.8, 4) is 0 Å². The van der Waals surface area contributed by atoms with Crippen LogP contribution in [0.5, 0.6) is 0 Å². The minimum atomic E-state index is 0.438. The summed E-state index contributed by atoms with van der Waals surface area (Å²) in [4.78, 5) is 8.06. The van der Waals surface area contributed by atoms with Crippen LogP contribution in [0.15, 0.2) is 35.1 Å². The van der Waals surface area contributed by atoms with Crippen molar-refractivity contribution in [2.75, 3.05) is 11.1 Å². The second-order valence-electron chi connectivity index (χ2n) is 4.67. The predicted molar refractivity (Wildman–Crippen MR) is 82.0 cm³/mol. The average Bonchev–Trinajstić information content (AvgIpc) is 2.41. The molecule has 19 heavy (non-hydrogen) atoms. The molecule has 1 aromatic carbocycles. The van der Waals surface area contributed by atoms with Crippen LogP contribution in [0.4, 0.5) is 11.6 Å². The van der Waals surface area contributed by atoms with Gasteiger partial charge in [0, 0.05) is 6.54 Å². The molecule has 0 aliphatic rings. The summed E-state index contributed by atoms with van der Waals surface area (Å²) in [6.45, 7) is 5.08. The molecule has 2 aromatic rings. The molecule has 4 nitrogen and oxygen atoms in total. The molecule has 2 rings (SSSR count). The highest BCUT2D eigenvalue weighted by molar-refractivity contribution is 9.10. The first-order valence-corrected chi connectivity index (χ1v) is 6.96. The summed E-state index contributed by atoms with van der Waals surface area (Å²) >= 11 is 3.37. The summed E-state index contributed by atoms with van der Waals surface area (Å²) < 4.78 is 0.703. The van der Waals surface area contributed by atoms with E-state index >= 15 is 0 Å². The minimum Gasteiger partial charge on any atom is -0.383 e. The molecule has 0 saturated heterocycles. The molecule has 0 fully saturated rings. The molecular formula is C14H17BrN4. The Kier molecular flexibility index (Phi) is 4.37. The van der Waals surface area contributed by atoms with Crippen molar-refractivity contribution in [2.24, 2.45) is 0 Å². The van der Waals surface area contributed by atoms with Gasteiger partial charge in [-0.25, -0.2) is 9.97 Å². The summed E-state index contributed by atoms with van der Waals surface area (Å²) in [5, 5.41) is 3.24. The third kappa shape index (κ3) is 3.44. The summed E-state index contributed by atoms with van der Waals surface area (Å²) in [5.74, 6) is 1.70. The van der Waals surface area contributed by atoms with Crippen LogP contribution in [0.1, 0.15) is 30.9 Å². The second-order valence-corrected chi connectivity index (χ2v) is 5.46. The lowest BCUT2D eigenvalue weighted by Gasteiger charge is -2.10. The molecule has 0 aliphatic carbocycles. The molecule has 0 atom stereocenters. The first kappa shape index (κ1) is 13.8. The van der Waals surface area contributed by atoms with E-state index in [-0.39, 0.29) is 0 Å². The Morgan fingerprint density at radius 3 is 2.53 bits per heavy atom. The molecule has 0 aliphatic heterocycles. The highest BCUT2D eigenvalue weighted by Crippen LogP contribution is 2.24. The van der Waals surface area contributed by atoms with Crippen molar-refractivity contribution in [1.29, 1.82) is 0 Å². The van der Waals surface area contributed by atoms with Gasteiger partial charge in [-0.05, 0) is 33.0 Å². The summed E-state index contributed by atoms with van der Waals surface area (Å²) in [6, 6.07) is 8.57. The average molecular weight is 321 g/mol. The molecule has 0 saturated carbocycles. The summed E-state index contributed by atoms with van der Waals surface area (Å²) in [6.07, 6.45) is 1.45. The van der Waals surface area contributed by atoms with Gasteiger partial charge in [0.05, 0.1) is 0 Å². The summed E-state index contributed by atoms with van der Waals surface area (Å²) in [7, 11) is 0. The van der Waals surface area contributed by atoms with Gasteiger partial charge in [0.25, 0.3) is 0 Å². The van der Waals surface area contributed by atoms with E-state index in [0.717, 1.165) is 0 Å². The van der Waals surface area contributed by atoms with Crippen molar-refractivity contribution in [1.82, 2.24) is 9.97 Å². The van der Waals surface area contributed by atoms with E-state index in [1.165, 1.54) is 17.5 Å². The number of nitrogens with two attached hydrogens (primary N) is 1. The van der Waals surface area contributed by atoms with Gasteiger partial charge in [-0.3, -0.25) is 0 Å². The standard InChI is InChI=1S/C14H17BrN4/c1-9(2)11-5-3-10(4-6-11)7-17-14-12(15)13(16)18-8-19-14/h3-6,8-9H,7H2,1-2H3,(H3,16,17,18,19). The molecule has 1 aromatic heterocycles. The molecule has 0 radical (unpaired) electrons. The molecule has 0 unspecified atom stereocenters. The topological polar surface area (TPSA) is 63.8 Å². The number of hydrogen-bond donors (Lipinski definition) is 2. The number of anilines is 2. The Labute approximate surface area is 121 Å². The van der Waals surface area contributed by atoms with E-state index in [1.807, 2.05) is 0 Å². The number of aromatic nitrogens is 2. The quantitative estimate of drug-likeness (QED) is 0.904. The van der Waals surface area contributed by atoms with Gasteiger partial charge in [-0.15, -0.1) is 0 Å². The number of halogens is 1. The normalized spacial score (nSPS) is 10.7. The van der Waals surface area contributed by atoms with Crippen LogP contribution in [-0.2, 0) is 6.54 Å². The number of hydrogen-bond acceptors (Lipinski definition) is 4. The predicted octanol–water partition coefficient (Wildman–Crippen LogP) is 3.56. The highest BCUT2D eigenvalue weighted by atomic mass is 79.9. The van der Waals surface area contributed by atoms with Crippen molar-refractivity contribution in [3.63, 3.8) is 0 Å². The smallest absolute Gasteiger partial charge is 0.146 e. The van der Waals surface area contributed by atoms with Crippen molar-refractivity contribution in [2.45, 2.75) is 26.3 Å². The van der Waals surface area contributed by atoms with E-state index in [4.69, 9.17) is 5.73 Å². The minimum absolute atomic E-state index is 0.438. The molecule has 100 valence electrons. The maximum absolute atomic E-state index is 5.70. The fourth-order valence-corrected chi connectivity index (χ4v) is 2.06. The fraction of sp³-hybridized carbons (Fsp3) is 0.286. The van der Waals surface area contributed by atoms with E-state index in [0.29, 0.717) is 28.6 Å². The van der Waals surface area contributed by atoms with Crippen molar-refractivity contribution in [3.05, 3.63) is 46.2 Å². The first-order chi connectivity index (χ1) is 9.08. The van der Waals surface area contributed by atoms with Gasteiger partial charge in [0.15, 0.2) is 0 Å². The van der Waals surface area contributed by atoms with E-state index in [9.17, 15) is 0 Å². The lowest BCUT2D eigenvalue weighted by molar-refractivity contribution is 0.865. The Morgan fingerprint density at radius 2 is 1.89 bits per heavy atom. The van der Waals surface area contributed by atoms with Crippen LogP contribution in [0, 0.1) is 0 Å². The third-order valence-corrected chi connectivity index (χ3v) is 3.70. The molecule has 1 heterocycles. The fourth-order valence-electron chi connectivity index (χ4n) is 1.71. The molecule has 0 amide bonds. The molecular weight excluding hydrogens is 304 g/mol. The van der Waals surface area contributed by atoms with Gasteiger partial charge in [0.2, 0.25) is 0 Å². The van der Waals surface area contributed by atoms with Crippen LogP contribution in [0.2, 0.25) is 0 Å². The van der Waals surface area contributed by atoms with Crippen LogP contribution in [0.3, 0.4) is 0 Å². The Bertz CT molecular complexity index is 552. The maximum atomic E-state index is 5.70. The zero-order chi connectivity index (χ0) is 13.8. The summed E-state index contributed by atoms with van der Waals surface area (Å²) in [5.41, 5.74) is 8.25.